The Morgan fingerprint density at radius 1 is 1.23 bits per heavy atom. The number of nitrogens with zero attached hydrogens (tertiary/aromatic N) is 1. The van der Waals surface area contributed by atoms with Gasteiger partial charge in [-0.2, -0.15) is 0 Å². The average Bonchev–Trinajstić information content (AvgIpc) is 2.94. The fraction of sp³-hybridized carbons (Fsp3) is 0.333. The van der Waals surface area contributed by atoms with Gasteiger partial charge in [-0.15, -0.1) is 11.3 Å². The first-order valence-corrected chi connectivity index (χ1v) is 8.53. The van der Waals surface area contributed by atoms with Crippen molar-refractivity contribution >= 4 is 22.4 Å². The summed E-state index contributed by atoms with van der Waals surface area (Å²) in [5, 5.41) is 5.47. The molecule has 1 N–H and O–H groups in total. The number of carbonyl (C=O) groups is 1. The molecule has 0 saturated carbocycles. The van der Waals surface area contributed by atoms with Crippen molar-refractivity contribution in [3.63, 3.8) is 0 Å². The lowest BCUT2D eigenvalue weighted by Gasteiger charge is -2.16. The summed E-state index contributed by atoms with van der Waals surface area (Å²) in [7, 11) is 0. The molecule has 0 unspecified atom stereocenters. The van der Waals surface area contributed by atoms with Gasteiger partial charge in [0.15, 0.2) is 5.13 Å². The summed E-state index contributed by atoms with van der Waals surface area (Å²) in [6.07, 6.45) is 6.51. The maximum Gasteiger partial charge on any atom is 0.250 e. The molecule has 3 nitrogen and oxygen atoms in total. The molecule has 4 heteroatoms. The number of hydrogen-bond acceptors (Lipinski definition) is 3. The molecule has 0 saturated heterocycles. The van der Waals surface area contributed by atoms with Gasteiger partial charge in [-0.25, -0.2) is 4.98 Å². The third kappa shape index (κ3) is 3.45. The topological polar surface area (TPSA) is 42.0 Å². The first kappa shape index (κ1) is 15.0. The Kier molecular flexibility index (Phi) is 4.39. The number of aryl methyl sites for hydroxylation is 2. The van der Waals surface area contributed by atoms with E-state index < -0.39 is 0 Å². The first-order valence-electron chi connectivity index (χ1n) is 7.65. The van der Waals surface area contributed by atoms with Crippen LogP contribution < -0.4 is 5.32 Å². The zero-order valence-corrected chi connectivity index (χ0v) is 13.8. The van der Waals surface area contributed by atoms with Crippen LogP contribution >= 0.6 is 11.3 Å². The second-order valence-electron chi connectivity index (χ2n) is 5.94. The normalized spacial score (nSPS) is 13.4. The van der Waals surface area contributed by atoms with Gasteiger partial charge >= 0.3 is 0 Å². The molecule has 1 aliphatic rings. The average molecular weight is 312 g/mol. The minimum absolute atomic E-state index is 0.119. The van der Waals surface area contributed by atoms with E-state index in [4.69, 9.17) is 0 Å². The Morgan fingerprint density at radius 3 is 2.77 bits per heavy atom. The van der Waals surface area contributed by atoms with Crippen LogP contribution in [0.1, 0.15) is 37.8 Å². The number of benzene rings is 1. The lowest BCUT2D eigenvalue weighted by molar-refractivity contribution is -0.111. The molecule has 0 aliphatic heterocycles. The molecule has 1 aromatic carbocycles. The molecule has 0 spiro atoms. The summed E-state index contributed by atoms with van der Waals surface area (Å²) in [6, 6.07) is 6.62. The number of thiazole rings is 1. The summed E-state index contributed by atoms with van der Waals surface area (Å²) in [4.78, 5) is 16.3. The number of rotatable bonds is 3. The largest absolute Gasteiger partial charge is 0.298 e. The Bertz CT molecular complexity index is 726. The summed E-state index contributed by atoms with van der Waals surface area (Å²) < 4.78 is 0. The van der Waals surface area contributed by atoms with Crippen LogP contribution in [0.2, 0.25) is 0 Å². The standard InChI is InChI=1S/C18H20N2OS/c1-12(2)9-17(21)20-18-19-16(11-22-18)15-8-7-13-5-3-4-6-14(13)10-15/h7-11H,3-6H2,1-2H3,(H,19,20,21). The molecule has 0 fully saturated rings. The van der Waals surface area contributed by atoms with Gasteiger partial charge in [0, 0.05) is 17.0 Å². The maximum absolute atomic E-state index is 11.7. The van der Waals surface area contributed by atoms with Gasteiger partial charge in [0.2, 0.25) is 5.91 Å². The van der Waals surface area contributed by atoms with Crippen molar-refractivity contribution < 1.29 is 4.79 Å². The fourth-order valence-corrected chi connectivity index (χ4v) is 3.48. The van der Waals surface area contributed by atoms with Gasteiger partial charge in [-0.3, -0.25) is 10.1 Å². The fourth-order valence-electron chi connectivity index (χ4n) is 2.76. The van der Waals surface area contributed by atoms with E-state index in [2.05, 4.69) is 28.5 Å². The molecule has 0 radical (unpaired) electrons. The molecule has 0 bridgehead atoms. The van der Waals surface area contributed by atoms with Crippen LogP contribution in [0.3, 0.4) is 0 Å². The van der Waals surface area contributed by atoms with Crippen molar-refractivity contribution in [3.8, 4) is 11.3 Å². The molecule has 3 rings (SSSR count). The van der Waals surface area contributed by atoms with E-state index in [0.717, 1.165) is 23.3 Å². The molecular weight excluding hydrogens is 292 g/mol. The van der Waals surface area contributed by atoms with Crippen molar-refractivity contribution in [3.05, 3.63) is 46.4 Å². The van der Waals surface area contributed by atoms with Gasteiger partial charge in [-0.05, 0) is 56.7 Å². The van der Waals surface area contributed by atoms with Crippen molar-refractivity contribution in [2.45, 2.75) is 39.5 Å². The van der Waals surface area contributed by atoms with Gasteiger partial charge < -0.3 is 0 Å². The lowest BCUT2D eigenvalue weighted by atomic mass is 9.90. The van der Waals surface area contributed by atoms with Gasteiger partial charge in [-0.1, -0.05) is 17.7 Å². The number of aromatic nitrogens is 1. The minimum Gasteiger partial charge on any atom is -0.298 e. The molecule has 2 aromatic rings. The number of nitrogens with one attached hydrogen (secondary N) is 1. The van der Waals surface area contributed by atoms with Crippen LogP contribution in [-0.4, -0.2) is 10.9 Å². The molecular formula is C18H20N2OS. The number of carbonyl (C=O) groups excluding carboxylic acids is 1. The van der Waals surface area contributed by atoms with Gasteiger partial charge in [0.05, 0.1) is 5.69 Å². The summed E-state index contributed by atoms with van der Waals surface area (Å²) in [5.74, 6) is -0.119. The van der Waals surface area contributed by atoms with E-state index in [1.54, 1.807) is 6.08 Å². The minimum atomic E-state index is -0.119. The van der Waals surface area contributed by atoms with Crippen LogP contribution in [0, 0.1) is 0 Å². The Morgan fingerprint density at radius 2 is 2.00 bits per heavy atom. The van der Waals surface area contributed by atoms with Crippen molar-refractivity contribution in [2.75, 3.05) is 5.32 Å². The second-order valence-corrected chi connectivity index (χ2v) is 6.80. The highest BCUT2D eigenvalue weighted by Gasteiger charge is 2.12. The van der Waals surface area contributed by atoms with Crippen molar-refractivity contribution in [1.29, 1.82) is 0 Å². The van der Waals surface area contributed by atoms with Crippen LogP contribution in [0.5, 0.6) is 0 Å². The van der Waals surface area contributed by atoms with E-state index in [-0.39, 0.29) is 5.91 Å². The summed E-state index contributed by atoms with van der Waals surface area (Å²) in [5.41, 5.74) is 5.98. The number of hydrogen-bond donors (Lipinski definition) is 1. The van der Waals surface area contributed by atoms with Crippen LogP contribution in [0.15, 0.2) is 35.2 Å². The first-order chi connectivity index (χ1) is 10.6. The number of fused-ring (bicyclic) bond motifs is 1. The predicted molar refractivity (Wildman–Crippen MR) is 92.3 cm³/mol. The van der Waals surface area contributed by atoms with E-state index in [0.29, 0.717) is 5.13 Å². The van der Waals surface area contributed by atoms with Crippen LogP contribution in [0.4, 0.5) is 5.13 Å². The number of anilines is 1. The van der Waals surface area contributed by atoms with E-state index in [9.17, 15) is 4.79 Å². The number of amides is 1. The number of allylic oxidation sites excluding steroid dienone is 1. The molecule has 1 aromatic heterocycles. The zero-order valence-electron chi connectivity index (χ0n) is 13.0. The smallest absolute Gasteiger partial charge is 0.250 e. The molecule has 114 valence electrons. The van der Waals surface area contributed by atoms with Crippen LogP contribution in [0.25, 0.3) is 11.3 Å². The van der Waals surface area contributed by atoms with Crippen molar-refractivity contribution in [1.82, 2.24) is 4.98 Å². The Labute approximate surface area is 135 Å². The highest BCUT2D eigenvalue weighted by atomic mass is 32.1. The zero-order chi connectivity index (χ0) is 15.5. The highest BCUT2D eigenvalue weighted by molar-refractivity contribution is 7.14. The third-order valence-electron chi connectivity index (χ3n) is 3.80. The molecule has 1 amide bonds. The summed E-state index contributed by atoms with van der Waals surface area (Å²) in [6.45, 7) is 3.81. The molecule has 1 aliphatic carbocycles. The summed E-state index contributed by atoms with van der Waals surface area (Å²) >= 11 is 1.46. The van der Waals surface area contributed by atoms with E-state index >= 15 is 0 Å². The quantitative estimate of drug-likeness (QED) is 0.842. The molecule has 1 heterocycles. The van der Waals surface area contributed by atoms with Gasteiger partial charge in [0.25, 0.3) is 0 Å². The third-order valence-corrected chi connectivity index (χ3v) is 4.56. The monoisotopic (exact) mass is 312 g/mol. The van der Waals surface area contributed by atoms with Gasteiger partial charge in [0.1, 0.15) is 0 Å². The highest BCUT2D eigenvalue weighted by Crippen LogP contribution is 2.29. The lowest BCUT2D eigenvalue weighted by Crippen LogP contribution is -2.08. The SMILES string of the molecule is CC(C)=CC(=O)Nc1nc(-c2ccc3c(c2)CCCC3)cs1. The molecule has 0 atom stereocenters. The molecule has 22 heavy (non-hydrogen) atoms. The Hall–Kier alpha value is -1.94. The van der Waals surface area contributed by atoms with Crippen LogP contribution in [-0.2, 0) is 17.6 Å². The van der Waals surface area contributed by atoms with E-state index in [1.807, 2.05) is 19.2 Å². The van der Waals surface area contributed by atoms with E-state index in [1.165, 1.54) is 41.7 Å². The Balaban J connectivity index is 1.79. The maximum atomic E-state index is 11.7. The van der Waals surface area contributed by atoms with Crippen molar-refractivity contribution in [2.24, 2.45) is 0 Å². The second kappa shape index (κ2) is 6.44. The predicted octanol–water partition coefficient (Wildman–Crippen LogP) is 4.59.